The molecular formula is C19H14ClF2NO. The van der Waals surface area contributed by atoms with Gasteiger partial charge in [0.05, 0.1) is 16.6 Å². The second-order valence-electron chi connectivity index (χ2n) is 5.51. The highest BCUT2D eigenvalue weighted by atomic mass is 35.5. The van der Waals surface area contributed by atoms with E-state index < -0.39 is 17.5 Å². The molecule has 5 heteroatoms. The van der Waals surface area contributed by atoms with Gasteiger partial charge in [0.15, 0.2) is 11.6 Å². The molecule has 3 rings (SSSR count). The molecular weight excluding hydrogens is 332 g/mol. The number of benzene rings is 3. The van der Waals surface area contributed by atoms with Gasteiger partial charge < -0.3 is 5.32 Å². The molecule has 24 heavy (non-hydrogen) atoms. The SMILES string of the molecule is CC(NC(=O)c1cc(F)c(F)cc1Cl)c1cccc2ccccc12. The van der Waals surface area contributed by atoms with E-state index in [4.69, 9.17) is 11.6 Å². The summed E-state index contributed by atoms with van der Waals surface area (Å²) in [6.45, 7) is 1.83. The van der Waals surface area contributed by atoms with Crippen LogP contribution in [0.25, 0.3) is 10.8 Å². The molecule has 0 aliphatic carbocycles. The summed E-state index contributed by atoms with van der Waals surface area (Å²) in [5, 5.41) is 4.73. The smallest absolute Gasteiger partial charge is 0.253 e. The molecule has 122 valence electrons. The lowest BCUT2D eigenvalue weighted by atomic mass is 9.99. The minimum absolute atomic E-state index is 0.0948. The molecule has 0 aliphatic rings. The lowest BCUT2D eigenvalue weighted by Gasteiger charge is -2.17. The van der Waals surface area contributed by atoms with Crippen molar-refractivity contribution in [3.8, 4) is 0 Å². The maximum atomic E-state index is 13.4. The molecule has 0 aromatic heterocycles. The number of carbonyl (C=O) groups is 1. The van der Waals surface area contributed by atoms with Crippen LogP contribution in [0.15, 0.2) is 54.6 Å². The zero-order valence-electron chi connectivity index (χ0n) is 12.8. The number of halogens is 3. The van der Waals surface area contributed by atoms with Crippen molar-refractivity contribution in [2.24, 2.45) is 0 Å². The van der Waals surface area contributed by atoms with E-state index in [2.05, 4.69) is 5.32 Å². The fourth-order valence-corrected chi connectivity index (χ4v) is 2.91. The highest BCUT2D eigenvalue weighted by Crippen LogP contribution is 2.25. The summed E-state index contributed by atoms with van der Waals surface area (Å²) in [6, 6.07) is 14.9. The summed E-state index contributed by atoms with van der Waals surface area (Å²) in [5.74, 6) is -2.75. The van der Waals surface area contributed by atoms with Gasteiger partial charge in [-0.1, -0.05) is 54.1 Å². The van der Waals surface area contributed by atoms with Crippen LogP contribution in [0, 0.1) is 11.6 Å². The van der Waals surface area contributed by atoms with Crippen molar-refractivity contribution in [1.82, 2.24) is 5.32 Å². The third-order valence-electron chi connectivity index (χ3n) is 3.89. The Bertz CT molecular complexity index is 921. The minimum atomic E-state index is -1.11. The fraction of sp³-hybridized carbons (Fsp3) is 0.105. The van der Waals surface area contributed by atoms with Gasteiger partial charge in [-0.15, -0.1) is 0 Å². The summed E-state index contributed by atoms with van der Waals surface area (Å²) in [4.78, 5) is 12.4. The molecule has 0 heterocycles. The first kappa shape index (κ1) is 16.4. The van der Waals surface area contributed by atoms with Crippen molar-refractivity contribution in [2.45, 2.75) is 13.0 Å². The van der Waals surface area contributed by atoms with Crippen LogP contribution < -0.4 is 5.32 Å². The van der Waals surface area contributed by atoms with Crippen LogP contribution in [0.4, 0.5) is 8.78 Å². The molecule has 0 radical (unpaired) electrons. The number of rotatable bonds is 3. The van der Waals surface area contributed by atoms with E-state index >= 15 is 0 Å². The Morgan fingerprint density at radius 1 is 1.04 bits per heavy atom. The van der Waals surface area contributed by atoms with Gasteiger partial charge >= 0.3 is 0 Å². The number of carbonyl (C=O) groups excluding carboxylic acids is 1. The quantitative estimate of drug-likeness (QED) is 0.644. The van der Waals surface area contributed by atoms with Gasteiger partial charge in [0.2, 0.25) is 0 Å². The Morgan fingerprint density at radius 3 is 2.50 bits per heavy atom. The van der Waals surface area contributed by atoms with Crippen LogP contribution >= 0.6 is 11.6 Å². The average Bonchev–Trinajstić information content (AvgIpc) is 2.57. The average molecular weight is 346 g/mol. The van der Waals surface area contributed by atoms with Crippen LogP contribution in [-0.4, -0.2) is 5.91 Å². The van der Waals surface area contributed by atoms with Crippen molar-refractivity contribution >= 4 is 28.3 Å². The van der Waals surface area contributed by atoms with Gasteiger partial charge in [0.25, 0.3) is 5.91 Å². The summed E-state index contributed by atoms with van der Waals surface area (Å²) in [7, 11) is 0. The van der Waals surface area contributed by atoms with E-state index in [9.17, 15) is 13.6 Å². The number of fused-ring (bicyclic) bond motifs is 1. The van der Waals surface area contributed by atoms with Gasteiger partial charge in [-0.3, -0.25) is 4.79 Å². The van der Waals surface area contributed by atoms with Crippen LogP contribution in [0.1, 0.15) is 28.9 Å². The standard InChI is InChI=1S/C19H14ClF2NO/c1-11(13-8-4-6-12-5-2-3-7-14(12)13)23-19(24)15-9-17(21)18(22)10-16(15)20/h2-11H,1H3,(H,23,24). The van der Waals surface area contributed by atoms with Gasteiger partial charge in [-0.05, 0) is 35.4 Å². The maximum absolute atomic E-state index is 13.4. The minimum Gasteiger partial charge on any atom is -0.345 e. The molecule has 1 atom stereocenters. The Labute approximate surface area is 143 Å². The number of hydrogen-bond acceptors (Lipinski definition) is 1. The molecule has 0 bridgehead atoms. The van der Waals surface area contributed by atoms with Gasteiger partial charge in [0, 0.05) is 0 Å². The van der Waals surface area contributed by atoms with Gasteiger partial charge in [-0.2, -0.15) is 0 Å². The summed E-state index contributed by atoms with van der Waals surface area (Å²) < 4.78 is 26.5. The number of amides is 1. The van der Waals surface area contributed by atoms with E-state index in [1.807, 2.05) is 49.4 Å². The first-order valence-corrected chi connectivity index (χ1v) is 7.78. The van der Waals surface area contributed by atoms with Crippen LogP contribution in [0.3, 0.4) is 0 Å². The van der Waals surface area contributed by atoms with Crippen molar-refractivity contribution < 1.29 is 13.6 Å². The predicted molar refractivity (Wildman–Crippen MR) is 91.2 cm³/mol. The molecule has 0 saturated carbocycles. The van der Waals surface area contributed by atoms with Crippen molar-refractivity contribution in [2.75, 3.05) is 0 Å². The van der Waals surface area contributed by atoms with Crippen LogP contribution in [0.2, 0.25) is 5.02 Å². The highest BCUT2D eigenvalue weighted by molar-refractivity contribution is 6.33. The van der Waals surface area contributed by atoms with E-state index in [0.717, 1.165) is 28.5 Å². The number of nitrogens with one attached hydrogen (secondary N) is 1. The van der Waals surface area contributed by atoms with Gasteiger partial charge in [-0.25, -0.2) is 8.78 Å². The van der Waals surface area contributed by atoms with E-state index in [1.165, 1.54) is 0 Å². The Balaban J connectivity index is 1.90. The largest absolute Gasteiger partial charge is 0.345 e. The highest BCUT2D eigenvalue weighted by Gasteiger charge is 2.18. The van der Waals surface area contributed by atoms with Crippen molar-refractivity contribution in [3.63, 3.8) is 0 Å². The molecule has 0 fully saturated rings. The molecule has 3 aromatic carbocycles. The normalized spacial score (nSPS) is 12.2. The maximum Gasteiger partial charge on any atom is 0.253 e. The summed E-state index contributed by atoms with van der Waals surface area (Å²) >= 11 is 5.85. The summed E-state index contributed by atoms with van der Waals surface area (Å²) in [6.07, 6.45) is 0. The monoisotopic (exact) mass is 345 g/mol. The second-order valence-corrected chi connectivity index (χ2v) is 5.92. The number of hydrogen-bond donors (Lipinski definition) is 1. The third kappa shape index (κ3) is 3.10. The predicted octanol–water partition coefficient (Wildman–Crippen LogP) is 5.26. The van der Waals surface area contributed by atoms with Crippen LogP contribution in [-0.2, 0) is 0 Å². The molecule has 0 saturated heterocycles. The van der Waals surface area contributed by atoms with Crippen LogP contribution in [0.5, 0.6) is 0 Å². The fourth-order valence-electron chi connectivity index (χ4n) is 2.68. The van der Waals surface area contributed by atoms with E-state index in [0.29, 0.717) is 0 Å². The summed E-state index contributed by atoms with van der Waals surface area (Å²) in [5.41, 5.74) is 0.836. The molecule has 1 amide bonds. The second kappa shape index (κ2) is 6.57. The first-order chi connectivity index (χ1) is 11.5. The zero-order chi connectivity index (χ0) is 17.3. The lowest BCUT2D eigenvalue weighted by Crippen LogP contribution is -2.27. The van der Waals surface area contributed by atoms with Crippen molar-refractivity contribution in [1.29, 1.82) is 0 Å². The third-order valence-corrected chi connectivity index (χ3v) is 4.20. The molecule has 0 spiro atoms. The Kier molecular flexibility index (Phi) is 4.49. The molecule has 1 unspecified atom stereocenters. The molecule has 3 aromatic rings. The van der Waals surface area contributed by atoms with E-state index in [1.54, 1.807) is 0 Å². The molecule has 1 N–H and O–H groups in total. The zero-order valence-corrected chi connectivity index (χ0v) is 13.6. The van der Waals surface area contributed by atoms with E-state index in [-0.39, 0.29) is 16.6 Å². The topological polar surface area (TPSA) is 29.1 Å². The Hall–Kier alpha value is -2.46. The van der Waals surface area contributed by atoms with Gasteiger partial charge in [0.1, 0.15) is 0 Å². The molecule has 0 aliphatic heterocycles. The first-order valence-electron chi connectivity index (χ1n) is 7.40. The Morgan fingerprint density at radius 2 is 1.71 bits per heavy atom. The van der Waals surface area contributed by atoms with Crippen molar-refractivity contribution in [3.05, 3.63) is 82.4 Å². The molecule has 2 nitrogen and oxygen atoms in total. The lowest BCUT2D eigenvalue weighted by molar-refractivity contribution is 0.0939.